The zero-order chi connectivity index (χ0) is 17.6. The number of nitrogens with zero attached hydrogens (tertiary/aromatic N) is 2. The standard InChI is InChI=1S/C18H25N3O2S/c1-4-6-13-21(3)16-9-12-18(19-14-16)20-24(22,23)17-10-7-15(5-2)8-11-17/h7-12,14H,4-6,13H2,1-3H3,(H,19,20). The predicted octanol–water partition coefficient (Wildman–Crippen LogP) is 3.68. The van der Waals surface area contributed by atoms with Gasteiger partial charge in [0.15, 0.2) is 0 Å². The van der Waals surface area contributed by atoms with Crippen LogP contribution in [0.4, 0.5) is 11.5 Å². The molecule has 1 heterocycles. The molecule has 0 unspecified atom stereocenters. The highest BCUT2D eigenvalue weighted by atomic mass is 32.2. The Morgan fingerprint density at radius 1 is 1.08 bits per heavy atom. The van der Waals surface area contributed by atoms with E-state index in [4.69, 9.17) is 0 Å². The molecule has 0 aliphatic heterocycles. The minimum atomic E-state index is -3.61. The van der Waals surface area contributed by atoms with Gasteiger partial charge in [0.2, 0.25) is 0 Å². The molecular weight excluding hydrogens is 322 g/mol. The van der Waals surface area contributed by atoms with Crippen molar-refractivity contribution in [3.05, 3.63) is 48.2 Å². The molecule has 130 valence electrons. The summed E-state index contributed by atoms with van der Waals surface area (Å²) in [7, 11) is -1.61. The summed E-state index contributed by atoms with van der Waals surface area (Å²) in [4.78, 5) is 6.57. The average molecular weight is 347 g/mol. The molecule has 1 N–H and O–H groups in total. The zero-order valence-corrected chi connectivity index (χ0v) is 15.3. The van der Waals surface area contributed by atoms with E-state index in [2.05, 4.69) is 21.5 Å². The van der Waals surface area contributed by atoms with E-state index in [0.29, 0.717) is 5.82 Å². The first-order valence-corrected chi connectivity index (χ1v) is 9.73. The highest BCUT2D eigenvalue weighted by Gasteiger charge is 2.14. The molecule has 2 rings (SSSR count). The first-order valence-electron chi connectivity index (χ1n) is 8.25. The van der Waals surface area contributed by atoms with Crippen LogP contribution in [0, 0.1) is 0 Å². The molecule has 0 amide bonds. The lowest BCUT2D eigenvalue weighted by atomic mass is 10.2. The van der Waals surface area contributed by atoms with Crippen LogP contribution in [0.1, 0.15) is 32.3 Å². The van der Waals surface area contributed by atoms with Gasteiger partial charge in [-0.3, -0.25) is 4.72 Å². The molecular formula is C18H25N3O2S. The Hall–Kier alpha value is -2.08. The van der Waals surface area contributed by atoms with Crippen molar-refractivity contribution >= 4 is 21.5 Å². The average Bonchev–Trinajstić information content (AvgIpc) is 2.60. The molecule has 0 bridgehead atoms. The molecule has 0 spiro atoms. The summed E-state index contributed by atoms with van der Waals surface area (Å²) in [5.74, 6) is 0.321. The second-order valence-corrected chi connectivity index (χ2v) is 7.46. The Morgan fingerprint density at radius 3 is 2.33 bits per heavy atom. The van der Waals surface area contributed by atoms with Gasteiger partial charge in [-0.1, -0.05) is 32.4 Å². The van der Waals surface area contributed by atoms with Crippen molar-refractivity contribution in [3.63, 3.8) is 0 Å². The highest BCUT2D eigenvalue weighted by molar-refractivity contribution is 7.92. The van der Waals surface area contributed by atoms with E-state index < -0.39 is 10.0 Å². The van der Waals surface area contributed by atoms with Crippen molar-refractivity contribution in [3.8, 4) is 0 Å². The SMILES string of the molecule is CCCCN(C)c1ccc(NS(=O)(=O)c2ccc(CC)cc2)nc1. The fourth-order valence-electron chi connectivity index (χ4n) is 2.30. The number of benzene rings is 1. The largest absolute Gasteiger partial charge is 0.373 e. The van der Waals surface area contributed by atoms with E-state index in [9.17, 15) is 8.42 Å². The van der Waals surface area contributed by atoms with Crippen LogP contribution in [-0.4, -0.2) is 27.0 Å². The number of hydrogen-bond acceptors (Lipinski definition) is 4. The molecule has 5 nitrogen and oxygen atoms in total. The van der Waals surface area contributed by atoms with Crippen LogP contribution < -0.4 is 9.62 Å². The summed E-state index contributed by atoms with van der Waals surface area (Å²) in [6, 6.07) is 10.5. The zero-order valence-electron chi connectivity index (χ0n) is 14.5. The van der Waals surface area contributed by atoms with E-state index in [-0.39, 0.29) is 4.90 Å². The Morgan fingerprint density at radius 2 is 1.79 bits per heavy atom. The minimum absolute atomic E-state index is 0.241. The Labute approximate surface area is 144 Å². The maximum atomic E-state index is 12.4. The van der Waals surface area contributed by atoms with Crippen LogP contribution >= 0.6 is 0 Å². The van der Waals surface area contributed by atoms with Crippen LogP contribution in [0.5, 0.6) is 0 Å². The van der Waals surface area contributed by atoms with E-state index in [0.717, 1.165) is 37.1 Å². The lowest BCUT2D eigenvalue weighted by Crippen LogP contribution is -2.19. The number of sulfonamides is 1. The number of rotatable bonds is 8. The van der Waals surface area contributed by atoms with Gasteiger partial charge in [-0.25, -0.2) is 13.4 Å². The summed E-state index contributed by atoms with van der Waals surface area (Å²) in [6.07, 6.45) is 4.81. The van der Waals surface area contributed by atoms with Crippen molar-refractivity contribution in [1.82, 2.24) is 4.98 Å². The third-order valence-corrected chi connectivity index (χ3v) is 5.29. The van der Waals surface area contributed by atoms with Crippen molar-refractivity contribution in [2.45, 2.75) is 38.0 Å². The van der Waals surface area contributed by atoms with Crippen molar-refractivity contribution < 1.29 is 8.42 Å². The van der Waals surface area contributed by atoms with Crippen LogP contribution in [0.25, 0.3) is 0 Å². The first kappa shape index (κ1) is 18.3. The van der Waals surface area contributed by atoms with Crippen molar-refractivity contribution in [2.24, 2.45) is 0 Å². The molecule has 6 heteroatoms. The number of aromatic nitrogens is 1. The van der Waals surface area contributed by atoms with Gasteiger partial charge in [0, 0.05) is 13.6 Å². The Balaban J connectivity index is 2.09. The summed E-state index contributed by atoms with van der Waals surface area (Å²) in [5.41, 5.74) is 2.07. The van der Waals surface area contributed by atoms with Crippen molar-refractivity contribution in [2.75, 3.05) is 23.2 Å². The number of hydrogen-bond donors (Lipinski definition) is 1. The number of pyridine rings is 1. The quantitative estimate of drug-likeness (QED) is 0.791. The lowest BCUT2D eigenvalue weighted by Gasteiger charge is -2.18. The van der Waals surface area contributed by atoms with Crippen LogP contribution in [0.15, 0.2) is 47.5 Å². The second-order valence-electron chi connectivity index (χ2n) is 5.78. The molecule has 1 aromatic heterocycles. The fourth-order valence-corrected chi connectivity index (χ4v) is 3.31. The monoisotopic (exact) mass is 347 g/mol. The summed E-state index contributed by atoms with van der Waals surface area (Å²) in [5, 5.41) is 0. The maximum Gasteiger partial charge on any atom is 0.263 e. The van der Waals surface area contributed by atoms with Crippen molar-refractivity contribution in [1.29, 1.82) is 0 Å². The van der Waals surface area contributed by atoms with Crippen LogP contribution in [0.2, 0.25) is 0 Å². The van der Waals surface area contributed by atoms with Crippen LogP contribution in [0.3, 0.4) is 0 Å². The third-order valence-electron chi connectivity index (χ3n) is 3.92. The first-order chi connectivity index (χ1) is 11.5. The minimum Gasteiger partial charge on any atom is -0.373 e. The molecule has 0 saturated heterocycles. The molecule has 1 aromatic carbocycles. The number of anilines is 2. The molecule has 0 aliphatic carbocycles. The number of unbranched alkanes of at least 4 members (excludes halogenated alkanes) is 1. The lowest BCUT2D eigenvalue weighted by molar-refractivity contribution is 0.601. The third kappa shape index (κ3) is 4.71. The highest BCUT2D eigenvalue weighted by Crippen LogP contribution is 2.18. The smallest absolute Gasteiger partial charge is 0.263 e. The second kappa shape index (κ2) is 8.15. The van der Waals surface area contributed by atoms with E-state index in [1.807, 2.05) is 32.2 Å². The summed E-state index contributed by atoms with van der Waals surface area (Å²) >= 11 is 0. The normalized spacial score (nSPS) is 11.3. The van der Waals surface area contributed by atoms with E-state index in [1.165, 1.54) is 0 Å². The van der Waals surface area contributed by atoms with E-state index >= 15 is 0 Å². The number of aryl methyl sites for hydroxylation is 1. The summed E-state index contributed by atoms with van der Waals surface area (Å²) < 4.78 is 27.3. The molecule has 0 aliphatic rings. The van der Waals surface area contributed by atoms with Gasteiger partial charge in [0.05, 0.1) is 16.8 Å². The van der Waals surface area contributed by atoms with Gasteiger partial charge in [-0.2, -0.15) is 0 Å². The molecule has 0 fully saturated rings. The van der Waals surface area contributed by atoms with E-state index in [1.54, 1.807) is 24.4 Å². The molecule has 0 saturated carbocycles. The van der Waals surface area contributed by atoms with Gasteiger partial charge in [-0.15, -0.1) is 0 Å². The van der Waals surface area contributed by atoms with Gasteiger partial charge in [-0.05, 0) is 42.7 Å². The van der Waals surface area contributed by atoms with Crippen LogP contribution in [-0.2, 0) is 16.4 Å². The Bertz CT molecular complexity index is 741. The molecule has 2 aromatic rings. The Kier molecular flexibility index (Phi) is 6.20. The topological polar surface area (TPSA) is 62.3 Å². The maximum absolute atomic E-state index is 12.4. The van der Waals surface area contributed by atoms with Gasteiger partial charge < -0.3 is 4.90 Å². The summed E-state index contributed by atoms with van der Waals surface area (Å²) in [6.45, 7) is 5.13. The van der Waals surface area contributed by atoms with Gasteiger partial charge >= 0.3 is 0 Å². The number of nitrogens with one attached hydrogen (secondary N) is 1. The fraction of sp³-hybridized carbons (Fsp3) is 0.389. The van der Waals surface area contributed by atoms with Gasteiger partial charge in [0.1, 0.15) is 5.82 Å². The molecule has 0 radical (unpaired) electrons. The van der Waals surface area contributed by atoms with Gasteiger partial charge in [0.25, 0.3) is 10.0 Å². The molecule has 24 heavy (non-hydrogen) atoms. The predicted molar refractivity (Wildman–Crippen MR) is 99.0 cm³/mol. The molecule has 0 atom stereocenters.